The van der Waals surface area contributed by atoms with Crippen LogP contribution in [0.5, 0.6) is 0 Å². The largest absolute Gasteiger partial charge is 0.572 e. The first kappa shape index (κ1) is 10.3. The Labute approximate surface area is 63.8 Å². The molecule has 11 heavy (non-hydrogen) atoms. The van der Waals surface area contributed by atoms with Crippen LogP contribution < -0.4 is 0 Å². The van der Waals surface area contributed by atoms with Crippen LogP contribution >= 0.6 is 0 Å². The fraction of sp³-hybridized carbons (Fsp3) is 0.714. The Morgan fingerprint density at radius 2 is 1.55 bits per heavy atom. The SMILES string of the molecule is C=C(OC(F)(F)F)C(C)(C)C. The summed E-state index contributed by atoms with van der Waals surface area (Å²) in [7, 11) is 0. The van der Waals surface area contributed by atoms with Gasteiger partial charge in [0.2, 0.25) is 0 Å². The molecule has 1 nitrogen and oxygen atoms in total. The third-order valence-corrected chi connectivity index (χ3v) is 1.08. The molecule has 0 bridgehead atoms. The van der Waals surface area contributed by atoms with Gasteiger partial charge >= 0.3 is 6.36 Å². The van der Waals surface area contributed by atoms with Crippen molar-refractivity contribution in [3.05, 3.63) is 12.3 Å². The molecule has 0 unspecified atom stereocenters. The third-order valence-electron chi connectivity index (χ3n) is 1.08. The summed E-state index contributed by atoms with van der Waals surface area (Å²) in [6, 6.07) is 0. The summed E-state index contributed by atoms with van der Waals surface area (Å²) in [5.41, 5.74) is -0.671. The summed E-state index contributed by atoms with van der Waals surface area (Å²) in [4.78, 5) is 0. The molecule has 0 atom stereocenters. The molecular weight excluding hydrogens is 157 g/mol. The molecule has 0 amide bonds. The standard InChI is InChI=1S/C7H11F3O/c1-5(6(2,3)4)11-7(8,9)10/h1H2,2-4H3. The van der Waals surface area contributed by atoms with Crippen LogP contribution in [0.25, 0.3) is 0 Å². The van der Waals surface area contributed by atoms with Gasteiger partial charge in [0.15, 0.2) is 0 Å². The Morgan fingerprint density at radius 3 is 1.64 bits per heavy atom. The van der Waals surface area contributed by atoms with Crippen LogP contribution in [0.15, 0.2) is 12.3 Å². The van der Waals surface area contributed by atoms with Gasteiger partial charge < -0.3 is 4.74 Å². The lowest BCUT2D eigenvalue weighted by atomic mass is 9.95. The monoisotopic (exact) mass is 168 g/mol. The van der Waals surface area contributed by atoms with Gasteiger partial charge in [0.1, 0.15) is 5.76 Å². The fourth-order valence-corrected chi connectivity index (χ4v) is 0.293. The Bertz CT molecular complexity index is 152. The molecule has 0 radical (unpaired) electrons. The highest BCUT2D eigenvalue weighted by atomic mass is 19.4. The summed E-state index contributed by atoms with van der Waals surface area (Å²) in [6.45, 7) is 7.96. The van der Waals surface area contributed by atoms with Gasteiger partial charge in [-0.3, -0.25) is 0 Å². The van der Waals surface area contributed by atoms with Crippen LogP contribution in [-0.2, 0) is 4.74 Å². The fourth-order valence-electron chi connectivity index (χ4n) is 0.293. The lowest BCUT2D eigenvalue weighted by Crippen LogP contribution is -2.20. The zero-order valence-corrected chi connectivity index (χ0v) is 6.75. The zero-order valence-electron chi connectivity index (χ0n) is 6.75. The van der Waals surface area contributed by atoms with E-state index in [-0.39, 0.29) is 5.76 Å². The molecule has 0 saturated carbocycles. The highest BCUT2D eigenvalue weighted by molar-refractivity contribution is 4.95. The van der Waals surface area contributed by atoms with Crippen LogP contribution in [0.2, 0.25) is 0 Å². The van der Waals surface area contributed by atoms with Crippen molar-refractivity contribution in [3.63, 3.8) is 0 Å². The number of allylic oxidation sites excluding steroid dienone is 1. The molecule has 0 aliphatic heterocycles. The Balaban J connectivity index is 4.11. The van der Waals surface area contributed by atoms with Crippen molar-refractivity contribution in [2.45, 2.75) is 27.1 Å². The van der Waals surface area contributed by atoms with Crippen molar-refractivity contribution >= 4 is 0 Å². The second kappa shape index (κ2) is 2.75. The predicted octanol–water partition coefficient (Wildman–Crippen LogP) is 3.08. The maximum atomic E-state index is 11.6. The lowest BCUT2D eigenvalue weighted by molar-refractivity contribution is -0.310. The van der Waals surface area contributed by atoms with E-state index >= 15 is 0 Å². The smallest absolute Gasteiger partial charge is 0.410 e. The van der Waals surface area contributed by atoms with Crippen LogP contribution in [0.4, 0.5) is 13.2 Å². The average Bonchev–Trinajstić information content (AvgIpc) is 1.56. The zero-order chi connectivity index (χ0) is 9.28. The third kappa shape index (κ3) is 4.70. The Hall–Kier alpha value is -0.670. The van der Waals surface area contributed by atoms with E-state index in [2.05, 4.69) is 11.3 Å². The van der Waals surface area contributed by atoms with Crippen LogP contribution in [-0.4, -0.2) is 6.36 Å². The first-order chi connectivity index (χ1) is 4.63. The minimum atomic E-state index is -4.62. The molecule has 0 rings (SSSR count). The molecule has 0 fully saturated rings. The van der Waals surface area contributed by atoms with Gasteiger partial charge in [-0.15, -0.1) is 13.2 Å². The normalized spacial score (nSPS) is 12.9. The van der Waals surface area contributed by atoms with Gasteiger partial charge in [-0.05, 0) is 0 Å². The van der Waals surface area contributed by atoms with Crippen molar-refractivity contribution in [1.82, 2.24) is 0 Å². The van der Waals surface area contributed by atoms with Crippen molar-refractivity contribution in [1.29, 1.82) is 0 Å². The van der Waals surface area contributed by atoms with Crippen molar-refractivity contribution in [2.24, 2.45) is 5.41 Å². The van der Waals surface area contributed by atoms with E-state index in [1.54, 1.807) is 20.8 Å². The molecule has 0 heterocycles. The van der Waals surface area contributed by atoms with Gasteiger partial charge in [-0.2, -0.15) is 0 Å². The van der Waals surface area contributed by atoms with E-state index in [9.17, 15) is 13.2 Å². The van der Waals surface area contributed by atoms with Gasteiger partial charge in [0.25, 0.3) is 0 Å². The predicted molar refractivity (Wildman–Crippen MR) is 35.7 cm³/mol. The topological polar surface area (TPSA) is 9.23 Å². The molecular formula is C7H11F3O. The Kier molecular flexibility index (Phi) is 2.59. The number of hydrogen-bond donors (Lipinski definition) is 0. The van der Waals surface area contributed by atoms with Crippen LogP contribution in [0.1, 0.15) is 20.8 Å². The van der Waals surface area contributed by atoms with Crippen LogP contribution in [0.3, 0.4) is 0 Å². The highest BCUT2D eigenvalue weighted by Crippen LogP contribution is 2.30. The van der Waals surface area contributed by atoms with E-state index in [4.69, 9.17) is 0 Å². The number of hydrogen-bond acceptors (Lipinski definition) is 1. The molecule has 66 valence electrons. The van der Waals surface area contributed by atoms with E-state index in [0.29, 0.717) is 0 Å². The highest BCUT2D eigenvalue weighted by Gasteiger charge is 2.34. The average molecular weight is 168 g/mol. The van der Waals surface area contributed by atoms with Gasteiger partial charge in [-0.1, -0.05) is 27.4 Å². The molecule has 4 heteroatoms. The second-order valence-corrected chi connectivity index (χ2v) is 3.22. The number of ether oxygens (including phenoxy) is 1. The molecule has 0 spiro atoms. The summed E-state index contributed by atoms with van der Waals surface area (Å²) in [5.74, 6) is -0.273. The van der Waals surface area contributed by atoms with Crippen molar-refractivity contribution in [3.8, 4) is 0 Å². The van der Waals surface area contributed by atoms with Crippen LogP contribution in [0, 0.1) is 5.41 Å². The molecule has 0 aromatic rings. The number of rotatable bonds is 1. The first-order valence-electron chi connectivity index (χ1n) is 3.08. The summed E-state index contributed by atoms with van der Waals surface area (Å²) in [5, 5.41) is 0. The van der Waals surface area contributed by atoms with E-state index < -0.39 is 11.8 Å². The van der Waals surface area contributed by atoms with Crippen molar-refractivity contribution < 1.29 is 17.9 Å². The minimum absolute atomic E-state index is 0.273. The van der Waals surface area contributed by atoms with Crippen molar-refractivity contribution in [2.75, 3.05) is 0 Å². The molecule has 0 aromatic carbocycles. The summed E-state index contributed by atoms with van der Waals surface area (Å²) >= 11 is 0. The molecule has 0 aliphatic rings. The molecule has 0 aromatic heterocycles. The quantitative estimate of drug-likeness (QED) is 0.546. The minimum Gasteiger partial charge on any atom is -0.410 e. The second-order valence-electron chi connectivity index (χ2n) is 3.22. The maximum absolute atomic E-state index is 11.6. The number of alkyl halides is 3. The van der Waals surface area contributed by atoms with Gasteiger partial charge in [0.05, 0.1) is 0 Å². The maximum Gasteiger partial charge on any atom is 0.572 e. The van der Waals surface area contributed by atoms with E-state index in [1.165, 1.54) is 0 Å². The number of halogens is 3. The molecule has 0 saturated heterocycles. The van der Waals surface area contributed by atoms with E-state index in [1.807, 2.05) is 0 Å². The summed E-state index contributed by atoms with van der Waals surface area (Å²) < 4.78 is 38.3. The molecule has 0 aliphatic carbocycles. The lowest BCUT2D eigenvalue weighted by Gasteiger charge is -2.22. The van der Waals surface area contributed by atoms with Gasteiger partial charge in [-0.25, -0.2) is 0 Å². The van der Waals surface area contributed by atoms with Gasteiger partial charge in [0, 0.05) is 5.41 Å². The van der Waals surface area contributed by atoms with E-state index in [0.717, 1.165) is 0 Å². The Morgan fingerprint density at radius 1 is 1.18 bits per heavy atom. The molecule has 0 N–H and O–H groups in total. The summed E-state index contributed by atoms with van der Waals surface area (Å²) in [6.07, 6.45) is -4.62. The first-order valence-corrected chi connectivity index (χ1v) is 3.08.